The molecule has 1 N–H and O–H groups in total. The van der Waals surface area contributed by atoms with Crippen molar-refractivity contribution >= 4 is 38.3 Å². The number of hydrogen-bond donors (Lipinski definition) is 1. The lowest BCUT2D eigenvalue weighted by Crippen LogP contribution is -2.61. The van der Waals surface area contributed by atoms with Gasteiger partial charge >= 0.3 is 0 Å². The summed E-state index contributed by atoms with van der Waals surface area (Å²) in [7, 11) is 0. The molecule has 0 amide bonds. The fourth-order valence-corrected chi connectivity index (χ4v) is 7.28. The Kier molecular flexibility index (Phi) is 5.18. The number of carbonyl (C=O) groups excluding carboxylic acids is 1. The zero-order valence-corrected chi connectivity index (χ0v) is 22.4. The average Bonchev–Trinajstić information content (AvgIpc) is 3.18. The minimum atomic E-state index is -0.370. The van der Waals surface area contributed by atoms with Crippen molar-refractivity contribution in [3.8, 4) is 6.07 Å². The zero-order chi connectivity index (χ0) is 24.6. The molecule has 1 saturated carbocycles. The Morgan fingerprint density at radius 2 is 1.83 bits per heavy atom. The Bertz CT molecular complexity index is 1400. The van der Waals surface area contributed by atoms with Crippen LogP contribution >= 0.6 is 15.9 Å². The van der Waals surface area contributed by atoms with Gasteiger partial charge < -0.3 is 9.88 Å². The van der Waals surface area contributed by atoms with Crippen molar-refractivity contribution in [1.29, 1.82) is 5.26 Å². The molecule has 0 bridgehead atoms. The van der Waals surface area contributed by atoms with Crippen molar-refractivity contribution in [2.24, 2.45) is 0 Å². The SMILES string of the molecule is CC1CN(c2cc3c(cc2Br)C(=O)c2c([nH]c4cc(C#N)ccc24)C3(C)C)C[C@@H](C)N1C1CCC1. The summed E-state index contributed by atoms with van der Waals surface area (Å²) in [6.45, 7) is 11.1. The molecule has 1 aromatic heterocycles. The number of hydrogen-bond acceptors (Lipinski definition) is 4. The average molecular weight is 531 g/mol. The Morgan fingerprint density at radius 1 is 1.11 bits per heavy atom. The highest BCUT2D eigenvalue weighted by Gasteiger charge is 2.42. The molecule has 2 aliphatic carbocycles. The molecule has 6 heteroatoms. The normalized spacial score (nSPS) is 24.1. The highest BCUT2D eigenvalue weighted by molar-refractivity contribution is 9.10. The summed E-state index contributed by atoms with van der Waals surface area (Å²) in [6, 6.07) is 13.7. The molecule has 3 aromatic rings. The molecule has 3 aliphatic rings. The largest absolute Gasteiger partial charge is 0.367 e. The summed E-state index contributed by atoms with van der Waals surface area (Å²) in [5.74, 6) is 0.0501. The second kappa shape index (κ2) is 7.94. The minimum absolute atomic E-state index is 0.0501. The van der Waals surface area contributed by atoms with Crippen molar-refractivity contribution in [3.63, 3.8) is 0 Å². The standard InChI is InChI=1S/C29H31BrN4O/c1-16-14-33(15-17(2)34(16)19-6-5-7-19)25-12-22-21(11-23(25)30)27(35)26-20-9-8-18(13-31)10-24(20)32-28(26)29(22,3)4/h8-12,16-17,19,32H,5-7,14-15H2,1-4H3/t16-,17?/m1/s1. The first-order valence-electron chi connectivity index (χ1n) is 12.7. The van der Waals surface area contributed by atoms with E-state index in [0.29, 0.717) is 17.6 Å². The van der Waals surface area contributed by atoms with E-state index in [4.69, 9.17) is 0 Å². The molecule has 2 atom stereocenters. The molecule has 180 valence electrons. The molecule has 2 fully saturated rings. The van der Waals surface area contributed by atoms with Gasteiger partial charge in [0.05, 0.1) is 22.9 Å². The number of nitrogens with one attached hydrogen (secondary N) is 1. The van der Waals surface area contributed by atoms with Gasteiger partial charge in [-0.25, -0.2) is 0 Å². The zero-order valence-electron chi connectivity index (χ0n) is 20.8. The Hall–Kier alpha value is -2.62. The highest BCUT2D eigenvalue weighted by Crippen LogP contribution is 2.47. The van der Waals surface area contributed by atoms with Crippen LogP contribution in [0.3, 0.4) is 0 Å². The monoisotopic (exact) mass is 530 g/mol. The van der Waals surface area contributed by atoms with Crippen LogP contribution in [0.15, 0.2) is 34.8 Å². The lowest BCUT2D eigenvalue weighted by molar-refractivity contribution is 0.0373. The van der Waals surface area contributed by atoms with Crippen molar-refractivity contribution in [2.45, 2.75) is 70.5 Å². The van der Waals surface area contributed by atoms with Gasteiger partial charge in [-0.1, -0.05) is 26.3 Å². The molecule has 1 aliphatic heterocycles. The van der Waals surface area contributed by atoms with Crippen molar-refractivity contribution < 1.29 is 4.79 Å². The van der Waals surface area contributed by atoms with Gasteiger partial charge in [-0.2, -0.15) is 5.26 Å². The van der Waals surface area contributed by atoms with Crippen LogP contribution in [0.25, 0.3) is 10.9 Å². The molecule has 6 rings (SSSR count). The topological polar surface area (TPSA) is 63.1 Å². The second-order valence-corrected chi connectivity index (χ2v) is 12.0. The number of aromatic nitrogens is 1. The molecule has 0 spiro atoms. The molecular formula is C29H31BrN4O. The number of carbonyl (C=O) groups is 1. The number of nitrogens with zero attached hydrogens (tertiary/aromatic N) is 3. The van der Waals surface area contributed by atoms with Crippen LogP contribution in [0.4, 0.5) is 5.69 Å². The lowest BCUT2D eigenvalue weighted by Gasteiger charge is -2.51. The fraction of sp³-hybridized carbons (Fsp3) is 0.448. The molecular weight excluding hydrogens is 500 g/mol. The lowest BCUT2D eigenvalue weighted by atomic mass is 9.71. The molecule has 0 radical (unpaired) electrons. The van der Waals surface area contributed by atoms with E-state index in [1.54, 1.807) is 6.07 Å². The summed E-state index contributed by atoms with van der Waals surface area (Å²) in [5, 5.41) is 10.2. The van der Waals surface area contributed by atoms with Crippen LogP contribution in [0, 0.1) is 11.3 Å². The van der Waals surface area contributed by atoms with E-state index in [2.05, 4.69) is 70.5 Å². The molecule has 1 unspecified atom stereocenters. The number of aromatic amines is 1. The molecule has 1 saturated heterocycles. The van der Waals surface area contributed by atoms with Gasteiger partial charge in [-0.05, 0) is 72.4 Å². The van der Waals surface area contributed by atoms with Gasteiger partial charge in [-0.3, -0.25) is 9.69 Å². The van der Waals surface area contributed by atoms with Crippen molar-refractivity contribution in [1.82, 2.24) is 9.88 Å². The van der Waals surface area contributed by atoms with Crippen molar-refractivity contribution in [3.05, 3.63) is 62.8 Å². The van der Waals surface area contributed by atoms with E-state index < -0.39 is 0 Å². The quantitative estimate of drug-likeness (QED) is 0.433. The predicted octanol–water partition coefficient (Wildman–Crippen LogP) is 6.12. The van der Waals surface area contributed by atoms with Crippen LogP contribution in [0.5, 0.6) is 0 Å². The van der Waals surface area contributed by atoms with Crippen LogP contribution in [0.2, 0.25) is 0 Å². The third-order valence-electron chi connectivity index (χ3n) is 8.61. The Morgan fingerprint density at radius 3 is 2.46 bits per heavy atom. The number of piperazine rings is 1. The number of anilines is 1. The number of fused-ring (bicyclic) bond motifs is 4. The maximum absolute atomic E-state index is 13.8. The van der Waals surface area contributed by atoms with E-state index >= 15 is 0 Å². The maximum atomic E-state index is 13.8. The van der Waals surface area contributed by atoms with Gasteiger partial charge in [-0.15, -0.1) is 0 Å². The van der Waals surface area contributed by atoms with Gasteiger partial charge in [0.1, 0.15) is 0 Å². The third-order valence-corrected chi connectivity index (χ3v) is 9.24. The Balaban J connectivity index is 1.42. The van der Waals surface area contributed by atoms with E-state index in [1.165, 1.54) is 24.9 Å². The maximum Gasteiger partial charge on any atom is 0.195 e. The van der Waals surface area contributed by atoms with E-state index in [0.717, 1.165) is 56.9 Å². The van der Waals surface area contributed by atoms with Gasteiger partial charge in [0.2, 0.25) is 0 Å². The number of halogens is 1. The van der Waals surface area contributed by atoms with E-state index in [1.807, 2.05) is 18.2 Å². The van der Waals surface area contributed by atoms with E-state index in [-0.39, 0.29) is 11.2 Å². The van der Waals surface area contributed by atoms with Crippen LogP contribution < -0.4 is 4.90 Å². The first kappa shape index (κ1) is 22.8. The number of ketones is 1. The number of H-pyrrole nitrogens is 1. The second-order valence-electron chi connectivity index (χ2n) is 11.2. The molecule has 2 aromatic carbocycles. The highest BCUT2D eigenvalue weighted by atomic mass is 79.9. The number of nitriles is 1. The molecule has 5 nitrogen and oxygen atoms in total. The van der Waals surface area contributed by atoms with Crippen LogP contribution in [0.1, 0.15) is 79.7 Å². The predicted molar refractivity (Wildman–Crippen MR) is 143 cm³/mol. The summed E-state index contributed by atoms with van der Waals surface area (Å²) >= 11 is 3.83. The van der Waals surface area contributed by atoms with E-state index in [9.17, 15) is 10.1 Å². The molecule has 2 heterocycles. The smallest absolute Gasteiger partial charge is 0.195 e. The fourth-order valence-electron chi connectivity index (χ4n) is 6.69. The number of benzene rings is 2. The van der Waals surface area contributed by atoms with Gasteiger partial charge in [0.25, 0.3) is 0 Å². The Labute approximate surface area is 215 Å². The van der Waals surface area contributed by atoms with Crippen LogP contribution in [-0.4, -0.2) is 46.9 Å². The van der Waals surface area contributed by atoms with Crippen LogP contribution in [-0.2, 0) is 5.41 Å². The van der Waals surface area contributed by atoms with Gasteiger partial charge in [0.15, 0.2) is 5.78 Å². The summed E-state index contributed by atoms with van der Waals surface area (Å²) < 4.78 is 0.979. The summed E-state index contributed by atoms with van der Waals surface area (Å²) in [5.41, 5.74) is 5.72. The number of rotatable bonds is 2. The minimum Gasteiger partial charge on any atom is -0.367 e. The van der Waals surface area contributed by atoms with Crippen molar-refractivity contribution in [2.75, 3.05) is 18.0 Å². The first-order chi connectivity index (χ1) is 16.7. The summed E-state index contributed by atoms with van der Waals surface area (Å²) in [4.78, 5) is 22.5. The molecule has 35 heavy (non-hydrogen) atoms. The third kappa shape index (κ3) is 3.32. The summed E-state index contributed by atoms with van der Waals surface area (Å²) in [6.07, 6.45) is 4.02. The van der Waals surface area contributed by atoms with Gasteiger partial charge in [0, 0.05) is 63.3 Å². The first-order valence-corrected chi connectivity index (χ1v) is 13.5.